The van der Waals surface area contributed by atoms with Crippen LogP contribution in [0.2, 0.25) is 0 Å². The summed E-state index contributed by atoms with van der Waals surface area (Å²) in [6.45, 7) is 13.3. The van der Waals surface area contributed by atoms with Crippen LogP contribution in [-0.4, -0.2) is 66.8 Å². The highest BCUT2D eigenvalue weighted by Gasteiger charge is 2.06. The molecule has 0 aliphatic carbocycles. The zero-order chi connectivity index (χ0) is 13.1. The molecule has 0 heterocycles. The van der Waals surface area contributed by atoms with Crippen LogP contribution in [-0.2, 0) is 0 Å². The number of hydrogen-bond donors (Lipinski definition) is 2. The number of aliphatic hydroxyl groups is 1. The monoisotopic (exact) mass is 245 g/mol. The molecule has 0 aliphatic heterocycles. The highest BCUT2D eigenvalue weighted by atomic mass is 16.3. The predicted molar refractivity (Wildman–Crippen MR) is 74.2 cm³/mol. The van der Waals surface area contributed by atoms with Gasteiger partial charge in [-0.05, 0) is 52.1 Å². The minimum absolute atomic E-state index is 0.0631. The first-order valence-corrected chi connectivity index (χ1v) is 6.98. The number of rotatable bonds is 11. The third-order valence-corrected chi connectivity index (χ3v) is 3.34. The first kappa shape index (κ1) is 16.8. The van der Waals surface area contributed by atoms with E-state index >= 15 is 0 Å². The van der Waals surface area contributed by atoms with Crippen molar-refractivity contribution in [3.8, 4) is 0 Å². The zero-order valence-corrected chi connectivity index (χ0v) is 11.9. The smallest absolute Gasteiger partial charge is 0.0583 e. The minimum atomic E-state index is -0.0631. The van der Waals surface area contributed by atoms with Crippen LogP contribution in [0, 0.1) is 0 Å². The van der Waals surface area contributed by atoms with E-state index in [9.17, 15) is 0 Å². The summed E-state index contributed by atoms with van der Waals surface area (Å²) in [6.07, 6.45) is 2.10. The molecular weight excluding hydrogens is 214 g/mol. The number of hydrogen-bond acceptors (Lipinski definition) is 4. The molecule has 17 heavy (non-hydrogen) atoms. The van der Waals surface area contributed by atoms with Crippen molar-refractivity contribution in [3.63, 3.8) is 0 Å². The highest BCUT2D eigenvalue weighted by molar-refractivity contribution is 4.64. The van der Waals surface area contributed by atoms with Gasteiger partial charge in [-0.2, -0.15) is 0 Å². The molecule has 1 atom stereocenters. The topological polar surface area (TPSA) is 52.7 Å². The molecule has 0 amide bonds. The summed E-state index contributed by atoms with van der Waals surface area (Å²) in [5, 5.41) is 8.88. The predicted octanol–water partition coefficient (Wildman–Crippen LogP) is 0.750. The third-order valence-electron chi connectivity index (χ3n) is 3.34. The quantitative estimate of drug-likeness (QED) is 0.564. The Morgan fingerprint density at radius 2 is 1.47 bits per heavy atom. The summed E-state index contributed by atoms with van der Waals surface area (Å²) in [5.74, 6) is 0. The second-order valence-electron chi connectivity index (χ2n) is 4.55. The molecule has 0 aromatic rings. The van der Waals surface area contributed by atoms with Gasteiger partial charge in [0, 0.05) is 6.04 Å². The number of aliphatic hydroxyl groups excluding tert-OH is 1. The van der Waals surface area contributed by atoms with Gasteiger partial charge < -0.3 is 20.6 Å². The summed E-state index contributed by atoms with van der Waals surface area (Å²) in [6, 6.07) is -0.0631. The van der Waals surface area contributed by atoms with Crippen molar-refractivity contribution in [2.45, 2.75) is 39.7 Å². The maximum Gasteiger partial charge on any atom is 0.0583 e. The molecule has 4 heteroatoms. The van der Waals surface area contributed by atoms with Gasteiger partial charge in [0.05, 0.1) is 6.61 Å². The first-order valence-electron chi connectivity index (χ1n) is 6.98. The van der Waals surface area contributed by atoms with Crippen LogP contribution in [0.3, 0.4) is 0 Å². The fourth-order valence-corrected chi connectivity index (χ4v) is 1.93. The molecule has 104 valence electrons. The molecule has 0 bridgehead atoms. The van der Waals surface area contributed by atoms with Gasteiger partial charge >= 0.3 is 0 Å². The average Bonchev–Trinajstić information content (AvgIpc) is 2.37. The summed E-state index contributed by atoms with van der Waals surface area (Å²) in [4.78, 5) is 4.87. The molecule has 0 saturated heterocycles. The van der Waals surface area contributed by atoms with Crippen molar-refractivity contribution >= 4 is 0 Å². The Labute approximate surface area is 107 Å². The van der Waals surface area contributed by atoms with Crippen LogP contribution in [0.5, 0.6) is 0 Å². The Bertz CT molecular complexity index is 163. The van der Waals surface area contributed by atoms with Gasteiger partial charge in [0.25, 0.3) is 0 Å². The molecule has 0 fully saturated rings. The van der Waals surface area contributed by atoms with E-state index in [4.69, 9.17) is 10.8 Å². The van der Waals surface area contributed by atoms with Gasteiger partial charge in [0.1, 0.15) is 0 Å². The molecular formula is C13H31N3O. The lowest BCUT2D eigenvalue weighted by atomic mass is 10.2. The Hall–Kier alpha value is -0.160. The maximum absolute atomic E-state index is 8.88. The van der Waals surface area contributed by atoms with E-state index in [1.54, 1.807) is 0 Å². The Kier molecular flexibility index (Phi) is 10.9. The van der Waals surface area contributed by atoms with Crippen molar-refractivity contribution < 1.29 is 5.11 Å². The van der Waals surface area contributed by atoms with Gasteiger partial charge in [-0.15, -0.1) is 0 Å². The SMILES string of the molecule is CCN(CC)CCCN(CC)CCC(N)CO. The highest BCUT2D eigenvalue weighted by Crippen LogP contribution is 1.98. The van der Waals surface area contributed by atoms with Crippen LogP contribution in [0.15, 0.2) is 0 Å². The van der Waals surface area contributed by atoms with Gasteiger partial charge in [-0.25, -0.2) is 0 Å². The normalized spacial score (nSPS) is 13.6. The van der Waals surface area contributed by atoms with Gasteiger partial charge in [-0.3, -0.25) is 0 Å². The van der Waals surface area contributed by atoms with Gasteiger partial charge in [0.15, 0.2) is 0 Å². The number of nitrogens with two attached hydrogens (primary N) is 1. The van der Waals surface area contributed by atoms with Crippen LogP contribution >= 0.6 is 0 Å². The molecule has 0 rings (SSSR count). The van der Waals surface area contributed by atoms with Crippen LogP contribution < -0.4 is 5.73 Å². The molecule has 0 aromatic carbocycles. The standard InChI is InChI=1S/C13H31N3O/c1-4-15(5-2)9-7-10-16(6-3)11-8-13(14)12-17/h13,17H,4-12,14H2,1-3H3. The van der Waals surface area contributed by atoms with E-state index in [-0.39, 0.29) is 12.6 Å². The molecule has 3 N–H and O–H groups in total. The van der Waals surface area contributed by atoms with E-state index in [1.807, 2.05) is 0 Å². The Morgan fingerprint density at radius 3 is 1.94 bits per heavy atom. The van der Waals surface area contributed by atoms with Crippen LogP contribution in [0.1, 0.15) is 33.6 Å². The van der Waals surface area contributed by atoms with E-state index in [1.165, 1.54) is 13.0 Å². The Balaban J connectivity index is 3.67. The van der Waals surface area contributed by atoms with E-state index < -0.39 is 0 Å². The maximum atomic E-state index is 8.88. The Morgan fingerprint density at radius 1 is 0.941 bits per heavy atom. The summed E-state index contributed by atoms with van der Waals surface area (Å²) in [7, 11) is 0. The minimum Gasteiger partial charge on any atom is -0.395 e. The fourth-order valence-electron chi connectivity index (χ4n) is 1.93. The lowest BCUT2D eigenvalue weighted by Crippen LogP contribution is -2.34. The van der Waals surface area contributed by atoms with Crippen LogP contribution in [0.25, 0.3) is 0 Å². The molecule has 4 nitrogen and oxygen atoms in total. The third kappa shape index (κ3) is 8.55. The average molecular weight is 245 g/mol. The van der Waals surface area contributed by atoms with E-state index in [0.717, 1.165) is 39.1 Å². The molecule has 0 aliphatic rings. The second kappa shape index (κ2) is 11.0. The van der Waals surface area contributed by atoms with Crippen molar-refractivity contribution in [3.05, 3.63) is 0 Å². The lowest BCUT2D eigenvalue weighted by molar-refractivity contribution is 0.216. The van der Waals surface area contributed by atoms with Gasteiger partial charge in [0.2, 0.25) is 0 Å². The molecule has 0 radical (unpaired) electrons. The van der Waals surface area contributed by atoms with E-state index in [2.05, 4.69) is 30.6 Å². The number of nitrogens with zero attached hydrogens (tertiary/aromatic N) is 2. The molecule has 0 aromatic heterocycles. The molecule has 0 saturated carbocycles. The zero-order valence-electron chi connectivity index (χ0n) is 11.9. The second-order valence-corrected chi connectivity index (χ2v) is 4.55. The molecule has 1 unspecified atom stereocenters. The van der Waals surface area contributed by atoms with Gasteiger partial charge in [-0.1, -0.05) is 20.8 Å². The van der Waals surface area contributed by atoms with Crippen molar-refractivity contribution in [2.24, 2.45) is 5.73 Å². The first-order chi connectivity index (χ1) is 8.17. The van der Waals surface area contributed by atoms with Crippen molar-refractivity contribution in [2.75, 3.05) is 45.9 Å². The van der Waals surface area contributed by atoms with Crippen molar-refractivity contribution in [1.29, 1.82) is 0 Å². The fraction of sp³-hybridized carbons (Fsp3) is 1.00. The summed E-state index contributed by atoms with van der Waals surface area (Å²) >= 11 is 0. The summed E-state index contributed by atoms with van der Waals surface area (Å²) in [5.41, 5.74) is 5.71. The molecule has 0 spiro atoms. The van der Waals surface area contributed by atoms with E-state index in [0.29, 0.717) is 0 Å². The largest absolute Gasteiger partial charge is 0.395 e. The van der Waals surface area contributed by atoms with Crippen molar-refractivity contribution in [1.82, 2.24) is 9.80 Å². The summed E-state index contributed by atoms with van der Waals surface area (Å²) < 4.78 is 0. The van der Waals surface area contributed by atoms with Crippen LogP contribution in [0.4, 0.5) is 0 Å². The lowest BCUT2D eigenvalue weighted by Gasteiger charge is -2.24.